The summed E-state index contributed by atoms with van der Waals surface area (Å²) < 4.78 is 0. The van der Waals surface area contributed by atoms with Crippen LogP contribution < -0.4 is 5.32 Å². The van der Waals surface area contributed by atoms with Gasteiger partial charge in [-0.3, -0.25) is 4.79 Å². The Morgan fingerprint density at radius 2 is 2.06 bits per heavy atom. The second-order valence-electron chi connectivity index (χ2n) is 4.22. The van der Waals surface area contributed by atoms with Crippen molar-refractivity contribution in [3.05, 3.63) is 0 Å². The van der Waals surface area contributed by atoms with Crippen LogP contribution in [0, 0.1) is 5.92 Å². The monoisotopic (exact) mass is 231 g/mol. The smallest absolute Gasteiger partial charge is 0.451 e. The lowest BCUT2D eigenvalue weighted by Crippen LogP contribution is -2.36. The van der Waals surface area contributed by atoms with Gasteiger partial charge in [-0.15, -0.1) is 0 Å². The maximum Gasteiger partial charge on any atom is 0.451 e. The van der Waals surface area contributed by atoms with Crippen LogP contribution in [0.3, 0.4) is 0 Å². The fourth-order valence-corrected chi connectivity index (χ4v) is 2.11. The number of hydrogen-bond acceptors (Lipinski definition) is 5. The van der Waals surface area contributed by atoms with Crippen LogP contribution in [0.25, 0.3) is 0 Å². The molecule has 1 aliphatic heterocycles. The number of carboxylic acids is 1. The summed E-state index contributed by atoms with van der Waals surface area (Å²) in [6, 6.07) is -0.686. The minimum absolute atomic E-state index is 0.284. The van der Waals surface area contributed by atoms with E-state index in [1.165, 1.54) is 0 Å². The van der Waals surface area contributed by atoms with Crippen LogP contribution in [-0.4, -0.2) is 52.0 Å². The van der Waals surface area contributed by atoms with Crippen LogP contribution in [0.15, 0.2) is 0 Å². The minimum Gasteiger partial charge on any atom is -0.480 e. The van der Waals surface area contributed by atoms with Crippen molar-refractivity contribution in [2.24, 2.45) is 5.92 Å². The maximum absolute atomic E-state index is 10.8. The number of carboxylic acid groups (broad SMARTS) is 1. The van der Waals surface area contributed by atoms with Crippen molar-refractivity contribution in [2.75, 3.05) is 6.54 Å². The summed E-state index contributed by atoms with van der Waals surface area (Å²) in [6.45, 7) is 0.310. The molecule has 0 radical (unpaired) electrons. The summed E-state index contributed by atoms with van der Waals surface area (Å²) in [7, 11) is -1.30. The number of rotatable bonds is 6. The zero-order valence-corrected chi connectivity index (χ0v) is 9.04. The van der Waals surface area contributed by atoms with Crippen molar-refractivity contribution in [3.8, 4) is 0 Å². The van der Waals surface area contributed by atoms with Gasteiger partial charge in [0.25, 0.3) is 0 Å². The van der Waals surface area contributed by atoms with Gasteiger partial charge in [-0.1, -0.05) is 12.8 Å². The van der Waals surface area contributed by atoms with Crippen LogP contribution in [0.1, 0.15) is 19.3 Å². The summed E-state index contributed by atoms with van der Waals surface area (Å²) in [6.07, 6.45) is 1.55. The van der Waals surface area contributed by atoms with Crippen LogP contribution in [0.4, 0.5) is 0 Å². The predicted molar refractivity (Wildman–Crippen MR) is 57.8 cm³/mol. The molecule has 92 valence electrons. The fourth-order valence-electron chi connectivity index (χ4n) is 2.11. The van der Waals surface area contributed by atoms with Gasteiger partial charge in [0.1, 0.15) is 6.04 Å². The fraction of sp³-hybridized carbons (Fsp3) is 0.889. The second-order valence-corrected chi connectivity index (χ2v) is 4.22. The number of carbonyl (C=O) groups is 1. The third-order valence-corrected chi connectivity index (χ3v) is 2.99. The lowest BCUT2D eigenvalue weighted by molar-refractivity contribution is -0.140. The van der Waals surface area contributed by atoms with E-state index in [4.69, 9.17) is 15.2 Å². The molecule has 1 heterocycles. The summed E-state index contributed by atoms with van der Waals surface area (Å²) in [5, 5.41) is 38.5. The molecule has 16 heavy (non-hydrogen) atoms. The molecular weight excluding hydrogens is 213 g/mol. The topological polar surface area (TPSA) is 110 Å². The Labute approximate surface area is 94.4 Å². The van der Waals surface area contributed by atoms with Crippen LogP contribution >= 0.6 is 0 Å². The van der Waals surface area contributed by atoms with Crippen molar-refractivity contribution >= 4 is 13.1 Å². The van der Waals surface area contributed by atoms with Gasteiger partial charge in [-0.05, 0) is 12.7 Å². The van der Waals surface area contributed by atoms with E-state index >= 15 is 0 Å². The summed E-state index contributed by atoms with van der Waals surface area (Å²) in [5.74, 6) is -1.22. The molecule has 1 rings (SSSR count). The number of aliphatic carboxylic acids is 1. The molecule has 3 atom stereocenters. The van der Waals surface area contributed by atoms with Gasteiger partial charge in [-0.25, -0.2) is 0 Å². The van der Waals surface area contributed by atoms with E-state index in [0.717, 1.165) is 0 Å². The molecule has 6 nitrogen and oxygen atoms in total. The van der Waals surface area contributed by atoms with Crippen LogP contribution in [-0.2, 0) is 4.79 Å². The molecule has 0 bridgehead atoms. The third kappa shape index (κ3) is 3.75. The molecule has 0 aliphatic carbocycles. The zero-order valence-electron chi connectivity index (χ0n) is 9.04. The number of β-amino-alcohol motifs (C(OH)–C–C–N with tert-alkyl or cyclic N) is 1. The lowest BCUT2D eigenvalue weighted by atomic mass is 9.82. The summed E-state index contributed by atoms with van der Waals surface area (Å²) in [4.78, 5) is 10.8. The zero-order chi connectivity index (χ0) is 12.1. The molecule has 1 fully saturated rings. The van der Waals surface area contributed by atoms with Gasteiger partial charge < -0.3 is 25.6 Å². The van der Waals surface area contributed by atoms with Gasteiger partial charge in [-0.2, -0.15) is 0 Å². The van der Waals surface area contributed by atoms with E-state index in [0.29, 0.717) is 25.8 Å². The highest BCUT2D eigenvalue weighted by Gasteiger charge is 2.38. The highest BCUT2D eigenvalue weighted by molar-refractivity contribution is 6.40. The molecule has 7 heteroatoms. The number of aliphatic hydroxyl groups is 1. The predicted octanol–water partition coefficient (Wildman–Crippen LogP) is -1.34. The number of aliphatic hydroxyl groups excluding tert-OH is 1. The molecule has 0 saturated carbocycles. The van der Waals surface area contributed by atoms with Gasteiger partial charge in [0, 0.05) is 12.5 Å². The first kappa shape index (κ1) is 13.4. The van der Waals surface area contributed by atoms with E-state index in [1.54, 1.807) is 0 Å². The highest BCUT2D eigenvalue weighted by Crippen LogP contribution is 2.23. The van der Waals surface area contributed by atoms with Crippen LogP contribution in [0.5, 0.6) is 0 Å². The van der Waals surface area contributed by atoms with Crippen molar-refractivity contribution in [2.45, 2.75) is 37.7 Å². The second kappa shape index (κ2) is 6.19. The summed E-state index contributed by atoms with van der Waals surface area (Å²) >= 11 is 0. The number of hydrogen-bond donors (Lipinski definition) is 5. The normalized spacial score (nSPS) is 29.3. The van der Waals surface area contributed by atoms with Crippen molar-refractivity contribution in [1.29, 1.82) is 0 Å². The van der Waals surface area contributed by atoms with Crippen molar-refractivity contribution in [1.82, 2.24) is 5.32 Å². The molecular formula is C9H18BNO5. The average molecular weight is 231 g/mol. The molecule has 5 N–H and O–H groups in total. The quantitative estimate of drug-likeness (QED) is 0.286. The Bertz CT molecular complexity index is 238. The van der Waals surface area contributed by atoms with Crippen molar-refractivity contribution < 1.29 is 25.1 Å². The van der Waals surface area contributed by atoms with Crippen LogP contribution in [0.2, 0.25) is 6.32 Å². The minimum atomic E-state index is -1.30. The molecule has 0 aromatic rings. The lowest BCUT2D eigenvalue weighted by Gasteiger charge is -2.17. The molecule has 0 aromatic carbocycles. The van der Waals surface area contributed by atoms with Gasteiger partial charge in [0.05, 0.1) is 6.10 Å². The Morgan fingerprint density at radius 3 is 2.62 bits per heavy atom. The Balaban J connectivity index is 2.30. The average Bonchev–Trinajstić information content (AvgIpc) is 2.54. The Kier molecular flexibility index (Phi) is 5.20. The standard InChI is InChI=1S/C9H18BNO5/c12-7-5-11-8(9(13)14)6(7)3-1-2-4-10(15)16/h6-8,11-12,15-16H,1-5H2,(H,13,14)/t6-,7+,8+/m1/s1. The number of nitrogens with one attached hydrogen (secondary N) is 1. The Hall–Kier alpha value is -0.625. The van der Waals surface area contributed by atoms with E-state index in [-0.39, 0.29) is 12.2 Å². The molecule has 0 aromatic heterocycles. The molecule has 0 spiro atoms. The van der Waals surface area contributed by atoms with Crippen molar-refractivity contribution in [3.63, 3.8) is 0 Å². The molecule has 0 amide bonds. The van der Waals surface area contributed by atoms with E-state index in [2.05, 4.69) is 5.32 Å². The Morgan fingerprint density at radius 1 is 1.38 bits per heavy atom. The van der Waals surface area contributed by atoms with Gasteiger partial charge >= 0.3 is 13.1 Å². The molecule has 1 saturated heterocycles. The molecule has 1 aliphatic rings. The van der Waals surface area contributed by atoms with Gasteiger partial charge in [0.2, 0.25) is 0 Å². The number of unbranched alkanes of at least 4 members (excludes halogenated alkanes) is 1. The highest BCUT2D eigenvalue weighted by atomic mass is 16.4. The largest absolute Gasteiger partial charge is 0.480 e. The van der Waals surface area contributed by atoms with Gasteiger partial charge in [0.15, 0.2) is 0 Å². The first-order valence-corrected chi connectivity index (χ1v) is 5.52. The third-order valence-electron chi connectivity index (χ3n) is 2.99. The molecule has 0 unspecified atom stereocenters. The summed E-state index contributed by atoms with van der Waals surface area (Å²) in [5.41, 5.74) is 0. The SMILES string of the molecule is O=C(O)[C@H]1NC[C@H](O)[C@H]1CCCCB(O)O. The first-order chi connectivity index (χ1) is 7.52. The first-order valence-electron chi connectivity index (χ1n) is 5.52. The maximum atomic E-state index is 10.8. The van der Waals surface area contributed by atoms with E-state index < -0.39 is 25.2 Å². The van der Waals surface area contributed by atoms with E-state index in [9.17, 15) is 9.90 Å². The van der Waals surface area contributed by atoms with E-state index in [1.807, 2.05) is 0 Å².